The molecule has 138 valence electrons. The standard InChI is InChI=1S/C17H19ClN4O3S/c1-10(14(23)20-16(24)19-13-7-2-3-8-13)26-17-22-21-15(25-17)11-5-4-6-12(18)9-11/h4-6,9-10,13H,2-3,7-8H2,1H3,(H2,19,20,23,24)/t10-/m1/s1. The monoisotopic (exact) mass is 394 g/mol. The summed E-state index contributed by atoms with van der Waals surface area (Å²) in [6.45, 7) is 1.67. The molecule has 1 heterocycles. The third-order valence-electron chi connectivity index (χ3n) is 4.05. The Labute approximate surface area is 160 Å². The highest BCUT2D eigenvalue weighted by atomic mass is 35.5. The third-order valence-corrected chi connectivity index (χ3v) is 5.22. The molecule has 1 aromatic heterocycles. The van der Waals surface area contributed by atoms with Crippen molar-refractivity contribution in [3.8, 4) is 11.5 Å². The van der Waals surface area contributed by atoms with E-state index in [0.29, 0.717) is 16.5 Å². The molecule has 1 aliphatic rings. The fraction of sp³-hybridized carbons (Fsp3) is 0.412. The number of imide groups is 1. The molecular formula is C17H19ClN4O3S. The first-order valence-corrected chi connectivity index (χ1v) is 9.64. The summed E-state index contributed by atoms with van der Waals surface area (Å²) in [6, 6.07) is 6.75. The van der Waals surface area contributed by atoms with Crippen LogP contribution in [0, 0.1) is 0 Å². The van der Waals surface area contributed by atoms with Gasteiger partial charge in [0.2, 0.25) is 11.8 Å². The molecule has 1 atom stereocenters. The number of hydrogen-bond donors (Lipinski definition) is 2. The van der Waals surface area contributed by atoms with Gasteiger partial charge in [0.05, 0.1) is 5.25 Å². The molecule has 2 aromatic rings. The normalized spacial score (nSPS) is 15.6. The summed E-state index contributed by atoms with van der Waals surface area (Å²) in [5.74, 6) is -0.0883. The van der Waals surface area contributed by atoms with Crippen LogP contribution in [0.1, 0.15) is 32.6 Å². The number of nitrogens with one attached hydrogen (secondary N) is 2. The Morgan fingerprint density at radius 2 is 2.08 bits per heavy atom. The van der Waals surface area contributed by atoms with Gasteiger partial charge < -0.3 is 9.73 Å². The molecule has 3 amide bonds. The van der Waals surface area contributed by atoms with Crippen molar-refractivity contribution >= 4 is 35.3 Å². The number of amides is 3. The van der Waals surface area contributed by atoms with Gasteiger partial charge in [0.1, 0.15) is 0 Å². The Morgan fingerprint density at radius 3 is 2.81 bits per heavy atom. The number of thioether (sulfide) groups is 1. The quantitative estimate of drug-likeness (QED) is 0.751. The predicted octanol–water partition coefficient (Wildman–Crippen LogP) is 3.64. The lowest BCUT2D eigenvalue weighted by Gasteiger charge is -2.13. The molecule has 0 unspecified atom stereocenters. The summed E-state index contributed by atoms with van der Waals surface area (Å²) in [5, 5.41) is 13.3. The van der Waals surface area contributed by atoms with Gasteiger partial charge in [-0.2, -0.15) is 0 Å². The van der Waals surface area contributed by atoms with Gasteiger partial charge >= 0.3 is 6.03 Å². The lowest BCUT2D eigenvalue weighted by molar-refractivity contribution is -0.119. The van der Waals surface area contributed by atoms with Crippen molar-refractivity contribution in [3.63, 3.8) is 0 Å². The van der Waals surface area contributed by atoms with E-state index < -0.39 is 17.2 Å². The molecule has 0 spiro atoms. The van der Waals surface area contributed by atoms with Gasteiger partial charge in [-0.3, -0.25) is 10.1 Å². The summed E-state index contributed by atoms with van der Waals surface area (Å²) < 4.78 is 5.56. The first-order valence-electron chi connectivity index (χ1n) is 8.39. The van der Waals surface area contributed by atoms with Gasteiger partial charge in [-0.1, -0.05) is 42.3 Å². The molecule has 0 bridgehead atoms. The minimum atomic E-state index is -0.558. The van der Waals surface area contributed by atoms with E-state index in [1.54, 1.807) is 31.2 Å². The van der Waals surface area contributed by atoms with Crippen LogP contribution in [-0.2, 0) is 4.79 Å². The number of halogens is 1. The second-order valence-corrected chi connectivity index (χ2v) is 7.82. The van der Waals surface area contributed by atoms with Crippen molar-refractivity contribution in [1.29, 1.82) is 0 Å². The van der Waals surface area contributed by atoms with E-state index in [1.807, 2.05) is 0 Å². The van der Waals surface area contributed by atoms with Crippen LogP contribution in [0.5, 0.6) is 0 Å². The van der Waals surface area contributed by atoms with Crippen LogP contribution in [0.3, 0.4) is 0 Å². The maximum absolute atomic E-state index is 12.2. The smallest absolute Gasteiger partial charge is 0.321 e. The number of carbonyl (C=O) groups excluding carboxylic acids is 2. The van der Waals surface area contributed by atoms with Gasteiger partial charge in [0, 0.05) is 16.6 Å². The zero-order valence-corrected chi connectivity index (χ0v) is 15.8. The minimum Gasteiger partial charge on any atom is -0.411 e. The number of urea groups is 1. The zero-order valence-electron chi connectivity index (χ0n) is 14.2. The average Bonchev–Trinajstić information content (AvgIpc) is 3.26. The van der Waals surface area contributed by atoms with E-state index in [9.17, 15) is 9.59 Å². The van der Waals surface area contributed by atoms with Crippen molar-refractivity contribution in [2.75, 3.05) is 0 Å². The Balaban J connectivity index is 1.53. The second-order valence-electron chi connectivity index (χ2n) is 6.09. The number of hydrogen-bond acceptors (Lipinski definition) is 6. The van der Waals surface area contributed by atoms with Gasteiger partial charge in [-0.15, -0.1) is 10.2 Å². The number of carbonyl (C=O) groups is 2. The molecule has 1 aromatic carbocycles. The molecular weight excluding hydrogens is 376 g/mol. The molecule has 1 saturated carbocycles. The van der Waals surface area contributed by atoms with Crippen molar-refractivity contribution in [2.45, 2.75) is 49.1 Å². The first kappa shape index (κ1) is 18.7. The largest absolute Gasteiger partial charge is 0.411 e. The number of rotatable bonds is 5. The highest BCUT2D eigenvalue weighted by Gasteiger charge is 2.22. The van der Waals surface area contributed by atoms with E-state index in [2.05, 4.69) is 20.8 Å². The van der Waals surface area contributed by atoms with Crippen LogP contribution in [0.4, 0.5) is 4.79 Å². The molecule has 0 saturated heterocycles. The molecule has 1 fully saturated rings. The third kappa shape index (κ3) is 4.98. The van der Waals surface area contributed by atoms with E-state index >= 15 is 0 Å². The molecule has 0 radical (unpaired) electrons. The van der Waals surface area contributed by atoms with Crippen LogP contribution in [-0.4, -0.2) is 33.4 Å². The predicted molar refractivity (Wildman–Crippen MR) is 99.0 cm³/mol. The molecule has 3 rings (SSSR count). The van der Waals surface area contributed by atoms with Crippen LogP contribution < -0.4 is 10.6 Å². The highest BCUT2D eigenvalue weighted by Crippen LogP contribution is 2.27. The fourth-order valence-corrected chi connectivity index (χ4v) is 3.58. The number of nitrogens with zero attached hydrogens (tertiary/aromatic N) is 2. The summed E-state index contributed by atoms with van der Waals surface area (Å²) in [6.07, 6.45) is 4.13. The van der Waals surface area contributed by atoms with E-state index in [1.165, 1.54) is 0 Å². The lowest BCUT2D eigenvalue weighted by atomic mass is 10.2. The molecule has 1 aliphatic carbocycles. The van der Waals surface area contributed by atoms with Crippen molar-refractivity contribution < 1.29 is 14.0 Å². The summed E-state index contributed by atoms with van der Waals surface area (Å²) >= 11 is 7.04. The molecule has 2 N–H and O–H groups in total. The van der Waals surface area contributed by atoms with Crippen molar-refractivity contribution in [3.05, 3.63) is 29.3 Å². The van der Waals surface area contributed by atoms with E-state index in [-0.39, 0.29) is 11.3 Å². The summed E-state index contributed by atoms with van der Waals surface area (Å²) in [5.41, 5.74) is 0.699. The molecule has 7 nitrogen and oxygen atoms in total. The van der Waals surface area contributed by atoms with Crippen LogP contribution in [0.2, 0.25) is 5.02 Å². The number of benzene rings is 1. The SMILES string of the molecule is C[C@@H](Sc1nnc(-c2cccc(Cl)c2)o1)C(=O)NC(=O)NC1CCCC1. The fourth-order valence-electron chi connectivity index (χ4n) is 2.71. The van der Waals surface area contributed by atoms with Crippen LogP contribution in [0.25, 0.3) is 11.5 Å². The van der Waals surface area contributed by atoms with Crippen molar-refractivity contribution in [1.82, 2.24) is 20.8 Å². The van der Waals surface area contributed by atoms with Gasteiger partial charge in [-0.05, 0) is 38.0 Å². The maximum Gasteiger partial charge on any atom is 0.321 e. The van der Waals surface area contributed by atoms with Gasteiger partial charge in [-0.25, -0.2) is 4.79 Å². The lowest BCUT2D eigenvalue weighted by Crippen LogP contribution is -2.45. The van der Waals surface area contributed by atoms with Crippen LogP contribution in [0.15, 0.2) is 33.9 Å². The van der Waals surface area contributed by atoms with E-state index in [0.717, 1.165) is 37.4 Å². The molecule has 0 aliphatic heterocycles. The topological polar surface area (TPSA) is 97.1 Å². The zero-order chi connectivity index (χ0) is 18.5. The minimum absolute atomic E-state index is 0.155. The average molecular weight is 395 g/mol. The Bertz CT molecular complexity index is 792. The highest BCUT2D eigenvalue weighted by molar-refractivity contribution is 8.00. The first-order chi connectivity index (χ1) is 12.5. The summed E-state index contributed by atoms with van der Waals surface area (Å²) in [4.78, 5) is 24.0. The molecule has 26 heavy (non-hydrogen) atoms. The van der Waals surface area contributed by atoms with Crippen molar-refractivity contribution in [2.24, 2.45) is 0 Å². The Morgan fingerprint density at radius 1 is 1.31 bits per heavy atom. The van der Waals surface area contributed by atoms with Crippen LogP contribution >= 0.6 is 23.4 Å². The van der Waals surface area contributed by atoms with Gasteiger partial charge in [0.25, 0.3) is 5.22 Å². The maximum atomic E-state index is 12.2. The summed E-state index contributed by atoms with van der Waals surface area (Å²) in [7, 11) is 0. The Hall–Kier alpha value is -2.06. The number of aromatic nitrogens is 2. The van der Waals surface area contributed by atoms with E-state index in [4.69, 9.17) is 16.0 Å². The molecule has 9 heteroatoms. The van der Waals surface area contributed by atoms with Gasteiger partial charge in [0.15, 0.2) is 0 Å². The Kier molecular flexibility index (Phi) is 6.16. The second kappa shape index (κ2) is 8.55.